The van der Waals surface area contributed by atoms with Crippen LogP contribution in [-0.2, 0) is 25.7 Å². The number of benzene rings is 3. The summed E-state index contributed by atoms with van der Waals surface area (Å²) in [4.78, 5) is 0. The Morgan fingerprint density at radius 3 is 1.43 bits per heavy atom. The molecule has 0 atom stereocenters. The summed E-state index contributed by atoms with van der Waals surface area (Å²) in [5.41, 5.74) is 26.3. The largest absolute Gasteiger partial charge is 0.330 e. The Labute approximate surface area is 210 Å². The van der Waals surface area contributed by atoms with E-state index in [1.54, 1.807) is 0 Å². The van der Waals surface area contributed by atoms with Crippen LogP contribution in [0.2, 0.25) is 0 Å². The van der Waals surface area contributed by atoms with Crippen molar-refractivity contribution in [3.8, 4) is 23.7 Å². The summed E-state index contributed by atoms with van der Waals surface area (Å²) in [6.07, 6.45) is 6.44. The molecule has 0 bridgehead atoms. The van der Waals surface area contributed by atoms with E-state index in [9.17, 15) is 0 Å². The van der Waals surface area contributed by atoms with Crippen molar-refractivity contribution in [3.05, 3.63) is 118 Å². The van der Waals surface area contributed by atoms with Gasteiger partial charge in [-0.25, -0.2) is 0 Å². The summed E-state index contributed by atoms with van der Waals surface area (Å²) in [5.74, 6) is 13.2. The molecule has 0 saturated carbocycles. The molecule has 178 valence electrons. The molecule has 0 amide bonds. The molecule has 3 nitrogen and oxygen atoms in total. The van der Waals surface area contributed by atoms with Gasteiger partial charge in [0.05, 0.1) is 0 Å². The van der Waals surface area contributed by atoms with Gasteiger partial charge in [0, 0.05) is 22.3 Å². The Morgan fingerprint density at radius 2 is 0.971 bits per heavy atom. The average molecular weight is 462 g/mol. The molecular weight excluding hydrogens is 426 g/mol. The van der Waals surface area contributed by atoms with Crippen molar-refractivity contribution in [1.82, 2.24) is 0 Å². The van der Waals surface area contributed by atoms with Gasteiger partial charge < -0.3 is 17.2 Å². The molecule has 0 radical (unpaired) electrons. The Kier molecular flexibility index (Phi) is 10.4. The molecule has 0 spiro atoms. The molecule has 3 aromatic rings. The highest BCUT2D eigenvalue weighted by Gasteiger charge is 2.04. The normalized spacial score (nSPS) is 10.1. The number of aryl methyl sites for hydroxylation is 1. The maximum absolute atomic E-state index is 5.82. The van der Waals surface area contributed by atoms with Crippen LogP contribution in [0.4, 0.5) is 0 Å². The van der Waals surface area contributed by atoms with Crippen LogP contribution in [-0.4, -0.2) is 19.6 Å². The maximum Gasteiger partial charge on any atom is 0.0261 e. The first-order valence-electron chi connectivity index (χ1n) is 12.3. The summed E-state index contributed by atoms with van der Waals surface area (Å²) >= 11 is 0. The molecule has 6 N–H and O–H groups in total. The molecule has 0 heterocycles. The third-order valence-electron chi connectivity index (χ3n) is 5.84. The lowest BCUT2D eigenvalue weighted by Gasteiger charge is -2.08. The van der Waals surface area contributed by atoms with E-state index in [-0.39, 0.29) is 0 Å². The number of rotatable bonds is 9. The lowest BCUT2D eigenvalue weighted by atomic mass is 9.97. The molecule has 35 heavy (non-hydrogen) atoms. The van der Waals surface area contributed by atoms with Gasteiger partial charge in [-0.3, -0.25) is 0 Å². The average Bonchev–Trinajstić information content (AvgIpc) is 2.88. The SMILES string of the molecule is C=CCCc1ccc(C#Cc2cccc(C#Cc3ccc(CCN)c(CCN)c3)c2)cc1CCN. The van der Waals surface area contributed by atoms with Gasteiger partial charge in [-0.15, -0.1) is 6.58 Å². The van der Waals surface area contributed by atoms with Gasteiger partial charge in [-0.2, -0.15) is 0 Å². The van der Waals surface area contributed by atoms with Crippen molar-refractivity contribution in [2.45, 2.75) is 32.1 Å². The topological polar surface area (TPSA) is 78.1 Å². The van der Waals surface area contributed by atoms with Gasteiger partial charge in [0.15, 0.2) is 0 Å². The standard InChI is InChI=1S/C32H35N3/c1-2-3-7-29-14-12-27(23-31(29)17-20-34)10-8-25-5-4-6-26(22-25)9-11-28-13-15-30(16-19-33)32(24-28)18-21-35/h2,4-6,12-15,22-24H,1,3,7,16-21,33-35H2. The summed E-state index contributed by atoms with van der Waals surface area (Å²) < 4.78 is 0. The van der Waals surface area contributed by atoms with Gasteiger partial charge in [-0.1, -0.05) is 48.0 Å². The van der Waals surface area contributed by atoms with E-state index in [0.29, 0.717) is 19.6 Å². The zero-order valence-corrected chi connectivity index (χ0v) is 20.4. The highest BCUT2D eigenvalue weighted by atomic mass is 14.5. The van der Waals surface area contributed by atoms with E-state index in [1.165, 1.54) is 22.3 Å². The van der Waals surface area contributed by atoms with E-state index >= 15 is 0 Å². The number of nitrogens with two attached hydrogens (primary N) is 3. The number of hydrogen-bond acceptors (Lipinski definition) is 3. The molecule has 0 aliphatic heterocycles. The van der Waals surface area contributed by atoms with E-state index < -0.39 is 0 Å². The first kappa shape index (κ1) is 26.0. The third-order valence-corrected chi connectivity index (χ3v) is 5.84. The molecule has 3 aromatic carbocycles. The summed E-state index contributed by atoms with van der Waals surface area (Å²) in [6, 6.07) is 20.8. The zero-order valence-electron chi connectivity index (χ0n) is 20.4. The first-order chi connectivity index (χ1) is 17.2. The van der Waals surface area contributed by atoms with Crippen molar-refractivity contribution < 1.29 is 0 Å². The Morgan fingerprint density at radius 1 is 0.543 bits per heavy atom. The molecule has 3 heteroatoms. The van der Waals surface area contributed by atoms with Gasteiger partial charge >= 0.3 is 0 Å². The summed E-state index contributed by atoms with van der Waals surface area (Å²) in [6.45, 7) is 5.69. The molecular formula is C32H35N3. The van der Waals surface area contributed by atoms with Crippen molar-refractivity contribution >= 4 is 0 Å². The summed E-state index contributed by atoms with van der Waals surface area (Å²) in [7, 11) is 0. The van der Waals surface area contributed by atoms with Crippen LogP contribution in [0.3, 0.4) is 0 Å². The quantitative estimate of drug-likeness (QED) is 0.331. The number of hydrogen-bond donors (Lipinski definition) is 3. The predicted octanol–water partition coefficient (Wildman–Crippen LogP) is 4.11. The fourth-order valence-corrected chi connectivity index (χ4v) is 4.05. The molecule has 0 saturated heterocycles. The van der Waals surface area contributed by atoms with E-state index in [0.717, 1.165) is 54.4 Å². The molecule has 0 aliphatic rings. The van der Waals surface area contributed by atoms with Crippen molar-refractivity contribution in [3.63, 3.8) is 0 Å². The molecule has 0 aliphatic carbocycles. The molecule has 0 fully saturated rings. The highest BCUT2D eigenvalue weighted by Crippen LogP contribution is 2.16. The lowest BCUT2D eigenvalue weighted by molar-refractivity contribution is 0.904. The van der Waals surface area contributed by atoms with Crippen LogP contribution in [0.5, 0.6) is 0 Å². The van der Waals surface area contributed by atoms with Crippen molar-refractivity contribution in [2.24, 2.45) is 17.2 Å². The molecule has 0 aromatic heterocycles. The molecule has 0 unspecified atom stereocenters. The fraction of sp³-hybridized carbons (Fsp3) is 0.250. The minimum Gasteiger partial charge on any atom is -0.330 e. The van der Waals surface area contributed by atoms with Gasteiger partial charge in [0.2, 0.25) is 0 Å². The summed E-state index contributed by atoms with van der Waals surface area (Å²) in [5, 5.41) is 0. The second-order valence-electron chi connectivity index (χ2n) is 8.49. The monoisotopic (exact) mass is 461 g/mol. The van der Waals surface area contributed by atoms with Crippen LogP contribution in [0.1, 0.15) is 50.9 Å². The smallest absolute Gasteiger partial charge is 0.0261 e. The van der Waals surface area contributed by atoms with Gasteiger partial charge in [0.1, 0.15) is 0 Å². The second-order valence-corrected chi connectivity index (χ2v) is 8.49. The Balaban J connectivity index is 1.80. The predicted molar refractivity (Wildman–Crippen MR) is 148 cm³/mol. The van der Waals surface area contributed by atoms with Crippen molar-refractivity contribution in [1.29, 1.82) is 0 Å². The second kappa shape index (κ2) is 14.0. The maximum atomic E-state index is 5.82. The van der Waals surface area contributed by atoms with E-state index in [1.807, 2.05) is 30.3 Å². The van der Waals surface area contributed by atoms with E-state index in [4.69, 9.17) is 17.2 Å². The van der Waals surface area contributed by atoms with Crippen LogP contribution < -0.4 is 17.2 Å². The van der Waals surface area contributed by atoms with Gasteiger partial charge in [0.25, 0.3) is 0 Å². The minimum absolute atomic E-state index is 0.612. The minimum atomic E-state index is 0.612. The van der Waals surface area contributed by atoms with Crippen molar-refractivity contribution in [2.75, 3.05) is 19.6 Å². The Hall–Kier alpha value is -3.60. The lowest BCUT2D eigenvalue weighted by Crippen LogP contribution is -2.09. The number of allylic oxidation sites excluding steroid dienone is 1. The first-order valence-corrected chi connectivity index (χ1v) is 12.3. The fourth-order valence-electron chi connectivity index (χ4n) is 4.05. The zero-order chi connectivity index (χ0) is 24.9. The van der Waals surface area contributed by atoms with Crippen LogP contribution in [0.15, 0.2) is 73.3 Å². The van der Waals surface area contributed by atoms with Crippen LogP contribution >= 0.6 is 0 Å². The third kappa shape index (κ3) is 7.99. The van der Waals surface area contributed by atoms with E-state index in [2.05, 4.69) is 66.7 Å². The molecule has 3 rings (SSSR count). The highest BCUT2D eigenvalue weighted by molar-refractivity contribution is 5.51. The Bertz CT molecular complexity index is 1270. The van der Waals surface area contributed by atoms with Crippen LogP contribution in [0, 0.1) is 23.7 Å². The van der Waals surface area contributed by atoms with Crippen LogP contribution in [0.25, 0.3) is 0 Å². The van der Waals surface area contributed by atoms with Gasteiger partial charge in [-0.05, 0) is 116 Å².